The highest BCUT2D eigenvalue weighted by Crippen LogP contribution is 2.00. The summed E-state index contributed by atoms with van der Waals surface area (Å²) in [7, 11) is 0. The molecule has 0 aromatic heterocycles. The molecule has 0 N–H and O–H groups in total. The summed E-state index contributed by atoms with van der Waals surface area (Å²) in [6.45, 7) is 0.283. The first-order valence-corrected chi connectivity index (χ1v) is 4.73. The Labute approximate surface area is 90.4 Å². The molecule has 0 spiro atoms. The van der Waals surface area contributed by atoms with Crippen LogP contribution in [0.1, 0.15) is 5.56 Å². The lowest BCUT2D eigenvalue weighted by Gasteiger charge is -1.99. The van der Waals surface area contributed by atoms with Gasteiger partial charge in [-0.05, 0) is 9.49 Å². The Hall–Kier alpha value is -1.02. The Bertz CT molecular complexity index is 335. The van der Waals surface area contributed by atoms with E-state index in [0.29, 0.717) is 0 Å². The molecule has 0 bridgehead atoms. The maximum absolute atomic E-state index is 10.8. The van der Waals surface area contributed by atoms with Crippen LogP contribution in [0, 0.1) is 9.85 Å². The van der Waals surface area contributed by atoms with E-state index in [0.717, 1.165) is 5.56 Å². The monoisotopic (exact) mass is 286 g/mol. The molecule has 1 aromatic rings. The van der Waals surface area contributed by atoms with Crippen molar-refractivity contribution in [2.45, 2.75) is 6.61 Å². The maximum atomic E-state index is 10.8. The van der Waals surface area contributed by atoms with Gasteiger partial charge in [0.2, 0.25) is 0 Å². The number of hydrogen-bond acceptors (Lipinski definition) is 2. The number of carbonyl (C=O) groups is 1. The Morgan fingerprint density at radius 1 is 1.38 bits per heavy atom. The quantitative estimate of drug-likeness (QED) is 0.473. The first kappa shape index (κ1) is 10.1. The zero-order valence-corrected chi connectivity index (χ0v) is 8.95. The molecule has 0 aliphatic heterocycles. The summed E-state index contributed by atoms with van der Waals surface area (Å²) < 4.78 is 7.30. The van der Waals surface area contributed by atoms with Crippen molar-refractivity contribution in [2.24, 2.45) is 0 Å². The van der Waals surface area contributed by atoms with Crippen LogP contribution in [0.4, 0.5) is 0 Å². The second-order valence-corrected chi connectivity index (χ2v) is 2.82. The zero-order chi connectivity index (χ0) is 9.52. The second kappa shape index (κ2) is 5.60. The van der Waals surface area contributed by atoms with Crippen LogP contribution in [0.15, 0.2) is 30.3 Å². The summed E-state index contributed by atoms with van der Waals surface area (Å²) in [5, 5.41) is 0. The van der Waals surface area contributed by atoms with Gasteiger partial charge in [0.1, 0.15) is 6.61 Å². The van der Waals surface area contributed by atoms with Crippen LogP contribution in [-0.2, 0) is 16.1 Å². The van der Waals surface area contributed by atoms with E-state index >= 15 is 0 Å². The number of esters is 1. The minimum Gasteiger partial charge on any atom is -0.451 e. The molecule has 1 aromatic carbocycles. The molecular formula is C10H7IO2. The van der Waals surface area contributed by atoms with E-state index in [1.54, 1.807) is 22.6 Å². The average Bonchev–Trinajstić information content (AvgIpc) is 2.17. The van der Waals surface area contributed by atoms with Gasteiger partial charge < -0.3 is 4.74 Å². The van der Waals surface area contributed by atoms with Gasteiger partial charge in [-0.3, -0.25) is 0 Å². The SMILES string of the molecule is O=C(C#CI)OCc1ccccc1. The fraction of sp³-hybridized carbons (Fsp3) is 0.100. The summed E-state index contributed by atoms with van der Waals surface area (Å²) in [6.07, 6.45) is 0. The van der Waals surface area contributed by atoms with Crippen LogP contribution < -0.4 is 0 Å². The number of ether oxygens (including phenoxy) is 1. The van der Waals surface area contributed by atoms with Crippen LogP contribution in [0.2, 0.25) is 0 Å². The molecule has 3 heteroatoms. The third-order valence-corrected chi connectivity index (χ3v) is 1.63. The predicted octanol–water partition coefficient (Wildman–Crippen LogP) is 2.13. The average molecular weight is 286 g/mol. The van der Waals surface area contributed by atoms with Crippen LogP contribution >= 0.6 is 22.6 Å². The third-order valence-electron chi connectivity index (χ3n) is 1.36. The van der Waals surface area contributed by atoms with Gasteiger partial charge in [0.25, 0.3) is 0 Å². The van der Waals surface area contributed by atoms with Crippen molar-refractivity contribution >= 4 is 28.6 Å². The lowest BCUT2D eigenvalue weighted by atomic mass is 10.2. The van der Waals surface area contributed by atoms with Crippen molar-refractivity contribution in [3.63, 3.8) is 0 Å². The van der Waals surface area contributed by atoms with Crippen molar-refractivity contribution in [1.29, 1.82) is 0 Å². The van der Waals surface area contributed by atoms with Crippen LogP contribution in [-0.4, -0.2) is 5.97 Å². The molecule has 0 heterocycles. The lowest BCUT2D eigenvalue weighted by Crippen LogP contribution is -2.00. The Morgan fingerprint density at radius 3 is 2.69 bits per heavy atom. The van der Waals surface area contributed by atoms with Crippen molar-refractivity contribution in [2.75, 3.05) is 0 Å². The smallest absolute Gasteiger partial charge is 0.385 e. The molecule has 2 nitrogen and oxygen atoms in total. The fourth-order valence-electron chi connectivity index (χ4n) is 0.798. The lowest BCUT2D eigenvalue weighted by molar-refractivity contribution is -0.137. The van der Waals surface area contributed by atoms with Gasteiger partial charge in [-0.15, -0.1) is 0 Å². The molecule has 13 heavy (non-hydrogen) atoms. The van der Waals surface area contributed by atoms with Gasteiger partial charge in [0.05, 0.1) is 0 Å². The molecule has 0 radical (unpaired) electrons. The Morgan fingerprint density at radius 2 is 2.08 bits per heavy atom. The first-order valence-electron chi connectivity index (χ1n) is 3.65. The molecule has 0 aliphatic carbocycles. The van der Waals surface area contributed by atoms with Crippen molar-refractivity contribution in [1.82, 2.24) is 0 Å². The van der Waals surface area contributed by atoms with Gasteiger partial charge in [0.15, 0.2) is 0 Å². The van der Waals surface area contributed by atoms with Crippen LogP contribution in [0.25, 0.3) is 0 Å². The predicted molar refractivity (Wildman–Crippen MR) is 58.0 cm³/mol. The second-order valence-electron chi connectivity index (χ2n) is 2.28. The zero-order valence-electron chi connectivity index (χ0n) is 6.79. The molecule has 0 amide bonds. The number of rotatable bonds is 2. The Kier molecular flexibility index (Phi) is 4.33. The summed E-state index contributed by atoms with van der Waals surface area (Å²) in [6, 6.07) is 9.49. The van der Waals surface area contributed by atoms with Crippen molar-refractivity contribution in [3.05, 3.63) is 35.9 Å². The van der Waals surface area contributed by atoms with Crippen LogP contribution in [0.5, 0.6) is 0 Å². The molecule has 0 atom stereocenters. The molecule has 0 aliphatic rings. The van der Waals surface area contributed by atoms with E-state index in [9.17, 15) is 4.79 Å². The summed E-state index contributed by atoms with van der Waals surface area (Å²) in [5.41, 5.74) is 0.964. The molecular weight excluding hydrogens is 279 g/mol. The topological polar surface area (TPSA) is 26.3 Å². The largest absolute Gasteiger partial charge is 0.451 e. The maximum Gasteiger partial charge on any atom is 0.385 e. The molecule has 0 saturated carbocycles. The van der Waals surface area contributed by atoms with Gasteiger partial charge in [-0.2, -0.15) is 0 Å². The summed E-state index contributed by atoms with van der Waals surface area (Å²) in [4.78, 5) is 10.8. The highest BCUT2D eigenvalue weighted by atomic mass is 127. The first-order chi connectivity index (χ1) is 6.33. The number of carbonyl (C=O) groups excluding carboxylic acids is 1. The van der Waals surface area contributed by atoms with E-state index in [4.69, 9.17) is 4.74 Å². The van der Waals surface area contributed by atoms with E-state index < -0.39 is 5.97 Å². The minimum absolute atomic E-state index is 0.283. The standard InChI is InChI=1S/C10H7IO2/c11-7-6-10(12)13-8-9-4-2-1-3-5-9/h1-5H,8H2. The minimum atomic E-state index is -0.488. The molecule has 0 unspecified atom stereocenters. The van der Waals surface area contributed by atoms with Crippen LogP contribution in [0.3, 0.4) is 0 Å². The van der Waals surface area contributed by atoms with Crippen molar-refractivity contribution in [3.8, 4) is 9.85 Å². The molecule has 66 valence electrons. The molecule has 1 rings (SSSR count). The van der Waals surface area contributed by atoms with E-state index in [1.165, 1.54) is 0 Å². The van der Waals surface area contributed by atoms with E-state index in [2.05, 4.69) is 9.85 Å². The highest BCUT2D eigenvalue weighted by Gasteiger charge is 1.96. The number of halogens is 1. The van der Waals surface area contributed by atoms with Gasteiger partial charge in [-0.25, -0.2) is 4.79 Å². The highest BCUT2D eigenvalue weighted by molar-refractivity contribution is 14.1. The van der Waals surface area contributed by atoms with Gasteiger partial charge in [0, 0.05) is 28.5 Å². The summed E-state index contributed by atoms with van der Waals surface area (Å²) >= 11 is 1.80. The van der Waals surface area contributed by atoms with E-state index in [-0.39, 0.29) is 6.61 Å². The number of hydrogen-bond donors (Lipinski definition) is 0. The van der Waals surface area contributed by atoms with E-state index in [1.807, 2.05) is 30.3 Å². The number of benzene rings is 1. The van der Waals surface area contributed by atoms with Crippen molar-refractivity contribution < 1.29 is 9.53 Å². The van der Waals surface area contributed by atoms with Gasteiger partial charge in [-0.1, -0.05) is 30.3 Å². The third kappa shape index (κ3) is 3.95. The van der Waals surface area contributed by atoms with Gasteiger partial charge >= 0.3 is 5.97 Å². The Balaban J connectivity index is 2.43. The fourth-order valence-corrected chi connectivity index (χ4v) is 1.02. The molecule has 0 saturated heterocycles. The normalized spacial score (nSPS) is 8.38. The summed E-state index contributed by atoms with van der Waals surface area (Å²) in [5.74, 6) is 1.80. The molecule has 0 fully saturated rings.